The minimum absolute atomic E-state index is 0.346. The molecule has 7 heteroatoms. The summed E-state index contributed by atoms with van der Waals surface area (Å²) in [7, 11) is -3.41. The van der Waals surface area contributed by atoms with Gasteiger partial charge in [-0.1, -0.05) is 22.9 Å². The van der Waals surface area contributed by atoms with Crippen molar-refractivity contribution in [2.45, 2.75) is 36.4 Å². The first-order valence-corrected chi connectivity index (χ1v) is 9.40. The Morgan fingerprint density at radius 1 is 1.47 bits per heavy atom. The molecule has 0 aromatic carbocycles. The molecule has 0 saturated carbocycles. The number of nitrogens with one attached hydrogen (secondary N) is 1. The molecule has 0 aliphatic rings. The van der Waals surface area contributed by atoms with Crippen LogP contribution in [0.2, 0.25) is 0 Å². The van der Waals surface area contributed by atoms with E-state index in [9.17, 15) is 8.42 Å². The number of halogens is 2. The molecule has 0 saturated heterocycles. The van der Waals surface area contributed by atoms with Crippen molar-refractivity contribution in [2.24, 2.45) is 0 Å². The molecule has 0 aliphatic carbocycles. The number of hydrogen-bond donors (Lipinski definition) is 1. The summed E-state index contributed by atoms with van der Waals surface area (Å²) in [4.78, 5) is 0. The highest BCUT2D eigenvalue weighted by Gasteiger charge is 2.29. The van der Waals surface area contributed by atoms with Gasteiger partial charge in [-0.15, -0.1) is 11.3 Å². The molecule has 0 spiro atoms. The Morgan fingerprint density at radius 3 is 2.53 bits per heavy atom. The van der Waals surface area contributed by atoms with Crippen LogP contribution in [0.25, 0.3) is 0 Å². The van der Waals surface area contributed by atoms with Crippen LogP contribution in [0.1, 0.15) is 26.7 Å². The van der Waals surface area contributed by atoms with Gasteiger partial charge >= 0.3 is 0 Å². The summed E-state index contributed by atoms with van der Waals surface area (Å²) in [5, 5.41) is 0.772. The number of rotatable bonds is 6. The maximum atomic E-state index is 12.2. The molecule has 1 unspecified atom stereocenters. The first-order valence-electron chi connectivity index (χ1n) is 5.18. The van der Waals surface area contributed by atoms with E-state index in [1.54, 1.807) is 12.1 Å². The second-order valence-electron chi connectivity index (χ2n) is 4.02. The predicted molar refractivity (Wildman–Crippen MR) is 79.4 cm³/mol. The fraction of sp³-hybridized carbons (Fsp3) is 0.600. The van der Waals surface area contributed by atoms with Crippen molar-refractivity contribution in [3.8, 4) is 0 Å². The van der Waals surface area contributed by atoms with Gasteiger partial charge in [-0.2, -0.15) is 0 Å². The molecule has 98 valence electrons. The van der Waals surface area contributed by atoms with E-state index in [1.807, 2.05) is 13.8 Å². The van der Waals surface area contributed by atoms with Crippen molar-refractivity contribution in [1.82, 2.24) is 4.72 Å². The Hall–Kier alpha value is 0.570. The zero-order chi connectivity index (χ0) is 13.1. The molecule has 1 atom stereocenters. The standard InChI is InChI=1S/C10H15Br2NO2S2/c1-3-10(2,6-7-11)13-17(14,15)9-5-4-8(12)16-9/h4-5,13H,3,6-7H2,1-2H3. The molecular weight excluding hydrogens is 390 g/mol. The van der Waals surface area contributed by atoms with Crippen molar-refractivity contribution in [1.29, 1.82) is 0 Å². The molecule has 1 N–H and O–H groups in total. The van der Waals surface area contributed by atoms with Gasteiger partial charge in [0, 0.05) is 10.9 Å². The monoisotopic (exact) mass is 403 g/mol. The summed E-state index contributed by atoms with van der Waals surface area (Å²) in [6, 6.07) is 3.36. The fourth-order valence-electron chi connectivity index (χ4n) is 1.33. The smallest absolute Gasteiger partial charge is 0.206 e. The van der Waals surface area contributed by atoms with Crippen molar-refractivity contribution in [3.05, 3.63) is 15.9 Å². The summed E-state index contributed by atoms with van der Waals surface area (Å²) >= 11 is 7.84. The first kappa shape index (κ1) is 15.6. The topological polar surface area (TPSA) is 46.2 Å². The minimum atomic E-state index is -3.41. The van der Waals surface area contributed by atoms with E-state index in [-0.39, 0.29) is 0 Å². The summed E-state index contributed by atoms with van der Waals surface area (Å²) in [5.41, 5.74) is -0.404. The predicted octanol–water partition coefficient (Wildman–Crippen LogP) is 3.74. The van der Waals surface area contributed by atoms with E-state index in [0.717, 1.165) is 22.0 Å². The highest BCUT2D eigenvalue weighted by Crippen LogP contribution is 2.28. The molecule has 1 aromatic heterocycles. The lowest BCUT2D eigenvalue weighted by molar-refractivity contribution is 0.393. The zero-order valence-corrected chi connectivity index (χ0v) is 14.5. The molecule has 0 amide bonds. The number of hydrogen-bond acceptors (Lipinski definition) is 3. The van der Waals surface area contributed by atoms with E-state index in [1.165, 1.54) is 11.3 Å². The van der Waals surface area contributed by atoms with Crippen LogP contribution in [0.4, 0.5) is 0 Å². The molecule has 1 heterocycles. The highest BCUT2D eigenvalue weighted by atomic mass is 79.9. The Bertz CT molecular complexity index is 472. The molecule has 0 fully saturated rings. The zero-order valence-electron chi connectivity index (χ0n) is 9.66. The van der Waals surface area contributed by atoms with Crippen LogP contribution in [0.15, 0.2) is 20.1 Å². The van der Waals surface area contributed by atoms with Gasteiger partial charge in [-0.05, 0) is 47.8 Å². The summed E-state index contributed by atoms with van der Waals surface area (Å²) in [5.74, 6) is 0. The van der Waals surface area contributed by atoms with Crippen LogP contribution in [0.3, 0.4) is 0 Å². The average molecular weight is 405 g/mol. The van der Waals surface area contributed by atoms with Crippen LogP contribution in [-0.2, 0) is 10.0 Å². The van der Waals surface area contributed by atoms with Crippen LogP contribution in [-0.4, -0.2) is 19.3 Å². The highest BCUT2D eigenvalue weighted by molar-refractivity contribution is 9.11. The van der Waals surface area contributed by atoms with Gasteiger partial charge in [0.2, 0.25) is 0 Å². The normalized spacial score (nSPS) is 15.8. The third-order valence-corrected chi connectivity index (χ3v) is 6.77. The van der Waals surface area contributed by atoms with E-state index in [4.69, 9.17) is 0 Å². The summed E-state index contributed by atoms with van der Waals surface area (Å²) < 4.78 is 28.3. The molecule has 0 bridgehead atoms. The third-order valence-electron chi connectivity index (χ3n) is 2.62. The number of alkyl halides is 1. The molecule has 17 heavy (non-hydrogen) atoms. The average Bonchev–Trinajstić information content (AvgIpc) is 2.65. The largest absolute Gasteiger partial charge is 0.250 e. The third kappa shape index (κ3) is 4.31. The Labute approximate surface area is 123 Å². The Kier molecular flexibility index (Phi) is 5.65. The van der Waals surface area contributed by atoms with Crippen LogP contribution in [0, 0.1) is 0 Å². The second kappa shape index (κ2) is 6.14. The van der Waals surface area contributed by atoms with Crippen molar-refractivity contribution in [2.75, 3.05) is 5.33 Å². The molecule has 3 nitrogen and oxygen atoms in total. The van der Waals surface area contributed by atoms with Gasteiger partial charge in [0.05, 0.1) is 3.79 Å². The van der Waals surface area contributed by atoms with E-state index < -0.39 is 15.6 Å². The van der Waals surface area contributed by atoms with Gasteiger partial charge < -0.3 is 0 Å². The Morgan fingerprint density at radius 2 is 2.12 bits per heavy atom. The van der Waals surface area contributed by atoms with Crippen molar-refractivity contribution in [3.63, 3.8) is 0 Å². The van der Waals surface area contributed by atoms with Crippen molar-refractivity contribution >= 4 is 53.2 Å². The maximum absolute atomic E-state index is 12.2. The van der Waals surface area contributed by atoms with Gasteiger partial charge in [-0.3, -0.25) is 0 Å². The molecular formula is C10H15Br2NO2S2. The quantitative estimate of drug-likeness (QED) is 0.734. The van der Waals surface area contributed by atoms with Crippen LogP contribution < -0.4 is 4.72 Å². The van der Waals surface area contributed by atoms with Gasteiger partial charge in [-0.25, -0.2) is 13.1 Å². The summed E-state index contributed by atoms with van der Waals surface area (Å²) in [6.45, 7) is 3.91. The molecule has 0 aliphatic heterocycles. The van der Waals surface area contributed by atoms with Gasteiger partial charge in [0.25, 0.3) is 10.0 Å². The Balaban J connectivity index is 2.93. The minimum Gasteiger partial charge on any atom is -0.206 e. The van der Waals surface area contributed by atoms with E-state index >= 15 is 0 Å². The van der Waals surface area contributed by atoms with Crippen LogP contribution in [0.5, 0.6) is 0 Å². The lowest BCUT2D eigenvalue weighted by Gasteiger charge is -2.28. The molecule has 1 aromatic rings. The number of thiophene rings is 1. The van der Waals surface area contributed by atoms with Crippen molar-refractivity contribution < 1.29 is 8.42 Å². The van der Waals surface area contributed by atoms with Crippen LogP contribution >= 0.6 is 43.2 Å². The molecule has 0 radical (unpaired) electrons. The summed E-state index contributed by atoms with van der Waals surface area (Å²) in [6.07, 6.45) is 1.51. The first-order chi connectivity index (χ1) is 7.83. The fourth-order valence-corrected chi connectivity index (χ4v) is 5.72. The lowest BCUT2D eigenvalue weighted by atomic mass is 9.98. The SMILES string of the molecule is CCC(C)(CCBr)NS(=O)(=O)c1ccc(Br)s1. The molecule has 1 rings (SSSR count). The van der Waals surface area contributed by atoms with Gasteiger partial charge in [0.1, 0.15) is 4.21 Å². The second-order valence-corrected chi connectivity index (χ2v) is 9.18. The number of sulfonamides is 1. The lowest BCUT2D eigenvalue weighted by Crippen LogP contribution is -2.45. The van der Waals surface area contributed by atoms with Gasteiger partial charge in [0.15, 0.2) is 0 Å². The van der Waals surface area contributed by atoms with E-state index in [2.05, 4.69) is 36.6 Å². The maximum Gasteiger partial charge on any atom is 0.250 e. The van der Waals surface area contributed by atoms with E-state index in [0.29, 0.717) is 4.21 Å².